The molecule has 1 saturated heterocycles. The Hall–Kier alpha value is -0.700. The van der Waals surface area contributed by atoms with Crippen LogP contribution in [0.3, 0.4) is 0 Å². The summed E-state index contributed by atoms with van der Waals surface area (Å²) in [5, 5.41) is 3.53. The zero-order valence-electron chi connectivity index (χ0n) is 9.42. The molecule has 1 aromatic rings. The SMILES string of the molecule is Cc1cnccc1NCC1(C)CCCS1. The van der Waals surface area contributed by atoms with Crippen molar-refractivity contribution in [2.24, 2.45) is 0 Å². The predicted octanol–water partition coefficient (Wildman–Crippen LogP) is 3.09. The highest BCUT2D eigenvalue weighted by atomic mass is 32.2. The second-order valence-electron chi connectivity index (χ2n) is 4.45. The van der Waals surface area contributed by atoms with Gasteiger partial charge in [-0.25, -0.2) is 0 Å². The molecule has 0 amide bonds. The monoisotopic (exact) mass is 222 g/mol. The average molecular weight is 222 g/mol. The first-order valence-electron chi connectivity index (χ1n) is 5.48. The normalized spacial score (nSPS) is 25.5. The van der Waals surface area contributed by atoms with Gasteiger partial charge in [0.1, 0.15) is 0 Å². The summed E-state index contributed by atoms with van der Waals surface area (Å²) < 4.78 is 0.426. The van der Waals surface area contributed by atoms with Crippen LogP contribution >= 0.6 is 11.8 Å². The zero-order valence-corrected chi connectivity index (χ0v) is 10.2. The molecule has 1 unspecified atom stereocenters. The zero-order chi connectivity index (χ0) is 10.7. The third-order valence-corrected chi connectivity index (χ3v) is 4.51. The molecule has 3 heteroatoms. The van der Waals surface area contributed by atoms with Crippen molar-refractivity contribution in [2.45, 2.75) is 31.4 Å². The van der Waals surface area contributed by atoms with Gasteiger partial charge in [-0.05, 0) is 44.1 Å². The fourth-order valence-electron chi connectivity index (χ4n) is 1.93. The minimum Gasteiger partial charge on any atom is -0.383 e. The fraction of sp³-hybridized carbons (Fsp3) is 0.583. The number of thioether (sulfide) groups is 1. The quantitative estimate of drug-likeness (QED) is 0.850. The van der Waals surface area contributed by atoms with Gasteiger partial charge < -0.3 is 5.32 Å². The van der Waals surface area contributed by atoms with Crippen LogP contribution in [0.1, 0.15) is 25.3 Å². The lowest BCUT2D eigenvalue weighted by atomic mass is 10.1. The maximum Gasteiger partial charge on any atom is 0.0401 e. The van der Waals surface area contributed by atoms with E-state index in [1.54, 1.807) is 0 Å². The molecule has 15 heavy (non-hydrogen) atoms. The van der Waals surface area contributed by atoms with Gasteiger partial charge in [0.2, 0.25) is 0 Å². The summed E-state index contributed by atoms with van der Waals surface area (Å²) in [6.07, 6.45) is 6.44. The van der Waals surface area contributed by atoms with Gasteiger partial charge >= 0.3 is 0 Å². The smallest absolute Gasteiger partial charge is 0.0401 e. The summed E-state index contributed by atoms with van der Waals surface area (Å²) in [5.74, 6) is 1.31. The van der Waals surface area contributed by atoms with Gasteiger partial charge in [-0.15, -0.1) is 0 Å². The van der Waals surface area contributed by atoms with Crippen LogP contribution in [0.2, 0.25) is 0 Å². The highest BCUT2D eigenvalue weighted by Gasteiger charge is 2.29. The molecule has 2 nitrogen and oxygen atoms in total. The minimum absolute atomic E-state index is 0.426. The second-order valence-corrected chi connectivity index (χ2v) is 6.13. The van der Waals surface area contributed by atoms with E-state index in [9.17, 15) is 0 Å². The number of aromatic nitrogens is 1. The molecule has 0 aliphatic carbocycles. The van der Waals surface area contributed by atoms with Crippen LogP contribution in [-0.4, -0.2) is 22.0 Å². The molecule has 1 aromatic heterocycles. The van der Waals surface area contributed by atoms with Crippen LogP contribution in [0.5, 0.6) is 0 Å². The molecule has 0 aromatic carbocycles. The number of aryl methyl sites for hydroxylation is 1. The molecule has 1 N–H and O–H groups in total. The Bertz CT molecular complexity index is 332. The minimum atomic E-state index is 0.426. The molecular formula is C12H18N2S. The number of nitrogens with one attached hydrogen (secondary N) is 1. The van der Waals surface area contributed by atoms with Crippen molar-refractivity contribution in [1.82, 2.24) is 4.98 Å². The lowest BCUT2D eigenvalue weighted by Crippen LogP contribution is -2.27. The van der Waals surface area contributed by atoms with E-state index in [-0.39, 0.29) is 0 Å². The van der Waals surface area contributed by atoms with Gasteiger partial charge in [-0.3, -0.25) is 4.98 Å². The summed E-state index contributed by atoms with van der Waals surface area (Å²) in [6.45, 7) is 5.51. The maximum absolute atomic E-state index is 4.10. The van der Waals surface area contributed by atoms with Crippen LogP contribution in [0.4, 0.5) is 5.69 Å². The van der Waals surface area contributed by atoms with E-state index in [1.807, 2.05) is 12.4 Å². The molecule has 1 atom stereocenters. The Labute approximate surface area is 95.9 Å². The first-order valence-corrected chi connectivity index (χ1v) is 6.47. The molecule has 0 saturated carbocycles. The van der Waals surface area contributed by atoms with Crippen molar-refractivity contribution >= 4 is 17.4 Å². The lowest BCUT2D eigenvalue weighted by molar-refractivity contribution is 0.634. The molecule has 1 fully saturated rings. The van der Waals surface area contributed by atoms with Gasteiger partial charge in [0, 0.05) is 29.4 Å². The van der Waals surface area contributed by atoms with E-state index in [0.717, 1.165) is 6.54 Å². The molecule has 0 spiro atoms. The van der Waals surface area contributed by atoms with Crippen molar-refractivity contribution in [3.05, 3.63) is 24.0 Å². The van der Waals surface area contributed by atoms with Crippen LogP contribution in [-0.2, 0) is 0 Å². The van der Waals surface area contributed by atoms with E-state index in [0.29, 0.717) is 4.75 Å². The number of rotatable bonds is 3. The highest BCUT2D eigenvalue weighted by Crippen LogP contribution is 2.37. The molecule has 82 valence electrons. The summed E-state index contributed by atoms with van der Waals surface area (Å²) in [4.78, 5) is 4.10. The average Bonchev–Trinajstić information content (AvgIpc) is 2.65. The Kier molecular flexibility index (Phi) is 3.19. The van der Waals surface area contributed by atoms with E-state index in [4.69, 9.17) is 0 Å². The lowest BCUT2D eigenvalue weighted by Gasteiger charge is -2.24. The predicted molar refractivity (Wildman–Crippen MR) is 67.6 cm³/mol. The van der Waals surface area contributed by atoms with Gasteiger partial charge in [-0.1, -0.05) is 0 Å². The van der Waals surface area contributed by atoms with E-state index < -0.39 is 0 Å². The molecule has 0 bridgehead atoms. The summed E-state index contributed by atoms with van der Waals surface area (Å²) >= 11 is 2.09. The summed E-state index contributed by atoms with van der Waals surface area (Å²) in [6, 6.07) is 2.05. The molecule has 1 aliphatic heterocycles. The van der Waals surface area contributed by atoms with E-state index in [2.05, 4.69) is 42.0 Å². The van der Waals surface area contributed by atoms with Crippen LogP contribution in [0.25, 0.3) is 0 Å². The van der Waals surface area contributed by atoms with Crippen LogP contribution in [0, 0.1) is 6.92 Å². The molecule has 1 aliphatic rings. The molecular weight excluding hydrogens is 204 g/mol. The number of anilines is 1. The first kappa shape index (κ1) is 10.8. The third kappa shape index (κ3) is 2.65. The van der Waals surface area contributed by atoms with Crippen molar-refractivity contribution < 1.29 is 0 Å². The highest BCUT2D eigenvalue weighted by molar-refractivity contribution is 8.00. The van der Waals surface area contributed by atoms with Gasteiger partial charge in [0.05, 0.1) is 0 Å². The van der Waals surface area contributed by atoms with Crippen LogP contribution in [0.15, 0.2) is 18.5 Å². The largest absolute Gasteiger partial charge is 0.383 e. The summed E-state index contributed by atoms with van der Waals surface area (Å²) in [5.41, 5.74) is 2.45. The Balaban J connectivity index is 1.95. The number of hydrogen-bond acceptors (Lipinski definition) is 3. The van der Waals surface area contributed by atoms with E-state index in [1.165, 1.54) is 29.8 Å². The number of hydrogen-bond donors (Lipinski definition) is 1. The molecule has 0 radical (unpaired) electrons. The van der Waals surface area contributed by atoms with Gasteiger partial charge in [0.15, 0.2) is 0 Å². The number of nitrogens with zero attached hydrogens (tertiary/aromatic N) is 1. The standard InChI is InChI=1S/C12H18N2S/c1-10-8-13-6-4-11(10)14-9-12(2)5-3-7-15-12/h4,6,8H,3,5,7,9H2,1-2H3,(H,13,14). The fourth-order valence-corrected chi connectivity index (χ4v) is 3.17. The van der Waals surface area contributed by atoms with Crippen molar-refractivity contribution in [3.63, 3.8) is 0 Å². The molecule has 2 rings (SSSR count). The number of pyridine rings is 1. The van der Waals surface area contributed by atoms with Crippen molar-refractivity contribution in [2.75, 3.05) is 17.6 Å². The summed E-state index contributed by atoms with van der Waals surface area (Å²) in [7, 11) is 0. The Morgan fingerprint density at radius 3 is 3.13 bits per heavy atom. The van der Waals surface area contributed by atoms with E-state index >= 15 is 0 Å². The third-order valence-electron chi connectivity index (χ3n) is 2.97. The molecule has 2 heterocycles. The van der Waals surface area contributed by atoms with Gasteiger partial charge in [0.25, 0.3) is 0 Å². The second kappa shape index (κ2) is 4.44. The first-order chi connectivity index (χ1) is 7.20. The van der Waals surface area contributed by atoms with Crippen molar-refractivity contribution in [3.8, 4) is 0 Å². The van der Waals surface area contributed by atoms with Gasteiger partial charge in [-0.2, -0.15) is 11.8 Å². The Morgan fingerprint density at radius 1 is 1.60 bits per heavy atom. The topological polar surface area (TPSA) is 24.9 Å². The Morgan fingerprint density at radius 2 is 2.47 bits per heavy atom. The van der Waals surface area contributed by atoms with Crippen molar-refractivity contribution in [1.29, 1.82) is 0 Å². The maximum atomic E-state index is 4.10. The van der Waals surface area contributed by atoms with Crippen LogP contribution < -0.4 is 5.32 Å².